The maximum atomic E-state index is 6.12. The second-order valence-corrected chi connectivity index (χ2v) is 4.74. The molecule has 1 fully saturated rings. The molecule has 0 spiro atoms. The van der Waals surface area contributed by atoms with Gasteiger partial charge in [-0.3, -0.25) is 0 Å². The first-order valence-corrected chi connectivity index (χ1v) is 5.49. The molecule has 0 amide bonds. The predicted molar refractivity (Wildman–Crippen MR) is 65.8 cm³/mol. The molecule has 1 aromatic carbocycles. The van der Waals surface area contributed by atoms with Crippen molar-refractivity contribution in [3.8, 4) is 0 Å². The highest BCUT2D eigenvalue weighted by atomic mass is 79.9. The molecular formula is C11H15BrClN. The third-order valence-corrected chi connectivity index (χ3v) is 3.33. The first kappa shape index (κ1) is 12.0. The van der Waals surface area contributed by atoms with Crippen LogP contribution in [0.1, 0.15) is 30.0 Å². The number of rotatable bonds is 2. The van der Waals surface area contributed by atoms with E-state index in [4.69, 9.17) is 5.73 Å². The van der Waals surface area contributed by atoms with Gasteiger partial charge in [-0.1, -0.05) is 28.1 Å². The fraction of sp³-hybridized carbons (Fsp3) is 0.455. The summed E-state index contributed by atoms with van der Waals surface area (Å²) in [7, 11) is 0. The number of aryl methyl sites for hydroxylation is 1. The number of nitrogens with two attached hydrogens (primary N) is 1. The van der Waals surface area contributed by atoms with Crippen molar-refractivity contribution in [2.45, 2.75) is 25.8 Å². The molecule has 0 aliphatic heterocycles. The van der Waals surface area contributed by atoms with Crippen LogP contribution in [-0.4, -0.2) is 0 Å². The molecular weight excluding hydrogens is 261 g/mol. The van der Waals surface area contributed by atoms with Crippen molar-refractivity contribution in [2.24, 2.45) is 11.7 Å². The average Bonchev–Trinajstić information content (AvgIpc) is 2.85. The second-order valence-electron chi connectivity index (χ2n) is 3.89. The van der Waals surface area contributed by atoms with Crippen LogP contribution < -0.4 is 5.73 Å². The third kappa shape index (κ3) is 2.50. The van der Waals surface area contributed by atoms with Gasteiger partial charge >= 0.3 is 0 Å². The zero-order chi connectivity index (χ0) is 9.42. The topological polar surface area (TPSA) is 26.0 Å². The highest BCUT2D eigenvalue weighted by molar-refractivity contribution is 9.10. The first-order valence-electron chi connectivity index (χ1n) is 4.70. The summed E-state index contributed by atoms with van der Waals surface area (Å²) in [5.41, 5.74) is 8.66. The molecule has 2 N–H and O–H groups in total. The van der Waals surface area contributed by atoms with Gasteiger partial charge in [0.1, 0.15) is 0 Å². The Labute approximate surface area is 99.6 Å². The van der Waals surface area contributed by atoms with Crippen LogP contribution in [0.25, 0.3) is 0 Å². The van der Waals surface area contributed by atoms with Gasteiger partial charge in [-0.05, 0) is 42.9 Å². The molecule has 14 heavy (non-hydrogen) atoms. The zero-order valence-corrected chi connectivity index (χ0v) is 10.6. The summed E-state index contributed by atoms with van der Waals surface area (Å²) in [5.74, 6) is 0.721. The van der Waals surface area contributed by atoms with Crippen LogP contribution in [0, 0.1) is 12.8 Å². The summed E-state index contributed by atoms with van der Waals surface area (Å²) < 4.78 is 1.16. The highest BCUT2D eigenvalue weighted by Crippen LogP contribution is 2.41. The van der Waals surface area contributed by atoms with E-state index in [0.29, 0.717) is 0 Å². The molecule has 1 aromatic rings. The van der Waals surface area contributed by atoms with Crippen LogP contribution in [0.3, 0.4) is 0 Å². The lowest BCUT2D eigenvalue weighted by atomic mass is 10.0. The molecule has 2 rings (SSSR count). The molecule has 0 heterocycles. The van der Waals surface area contributed by atoms with Crippen molar-refractivity contribution in [1.82, 2.24) is 0 Å². The van der Waals surface area contributed by atoms with Gasteiger partial charge in [0, 0.05) is 10.5 Å². The van der Waals surface area contributed by atoms with Gasteiger partial charge < -0.3 is 5.73 Å². The van der Waals surface area contributed by atoms with E-state index in [1.165, 1.54) is 24.0 Å². The fourth-order valence-electron chi connectivity index (χ4n) is 1.61. The van der Waals surface area contributed by atoms with Crippen molar-refractivity contribution in [2.75, 3.05) is 0 Å². The Morgan fingerprint density at radius 1 is 1.43 bits per heavy atom. The number of hydrogen-bond acceptors (Lipinski definition) is 1. The van der Waals surface area contributed by atoms with Crippen LogP contribution in [-0.2, 0) is 0 Å². The molecule has 0 bridgehead atoms. The van der Waals surface area contributed by atoms with Gasteiger partial charge in [-0.15, -0.1) is 12.4 Å². The van der Waals surface area contributed by atoms with Crippen LogP contribution in [0.2, 0.25) is 0 Å². The number of benzene rings is 1. The van der Waals surface area contributed by atoms with Gasteiger partial charge in [-0.25, -0.2) is 0 Å². The molecule has 0 radical (unpaired) electrons. The van der Waals surface area contributed by atoms with Crippen LogP contribution in [0.15, 0.2) is 22.7 Å². The minimum atomic E-state index is 0. The van der Waals surface area contributed by atoms with Crippen molar-refractivity contribution >= 4 is 28.3 Å². The summed E-state index contributed by atoms with van der Waals surface area (Å²) in [4.78, 5) is 0. The first-order chi connectivity index (χ1) is 6.18. The van der Waals surface area contributed by atoms with E-state index in [-0.39, 0.29) is 18.4 Å². The Balaban J connectivity index is 0.000000980. The third-order valence-electron chi connectivity index (χ3n) is 2.64. The Hall–Kier alpha value is -0.0500. The molecule has 78 valence electrons. The predicted octanol–water partition coefficient (Wildman–Crippen LogP) is 3.59. The van der Waals surface area contributed by atoms with Crippen LogP contribution in [0.5, 0.6) is 0 Å². The fourth-order valence-corrected chi connectivity index (χ4v) is 2.37. The van der Waals surface area contributed by atoms with Crippen molar-refractivity contribution in [1.29, 1.82) is 0 Å². The monoisotopic (exact) mass is 275 g/mol. The minimum absolute atomic E-state index is 0. The summed E-state index contributed by atoms with van der Waals surface area (Å²) in [6.45, 7) is 2.09. The van der Waals surface area contributed by atoms with Gasteiger partial charge in [0.2, 0.25) is 0 Å². The summed E-state index contributed by atoms with van der Waals surface area (Å²) >= 11 is 3.56. The van der Waals surface area contributed by atoms with Crippen molar-refractivity contribution in [3.05, 3.63) is 33.8 Å². The average molecular weight is 277 g/mol. The Morgan fingerprint density at radius 2 is 2.07 bits per heavy atom. The zero-order valence-electron chi connectivity index (χ0n) is 8.16. The van der Waals surface area contributed by atoms with E-state index < -0.39 is 0 Å². The summed E-state index contributed by atoms with van der Waals surface area (Å²) in [6.07, 6.45) is 2.59. The van der Waals surface area contributed by atoms with E-state index in [9.17, 15) is 0 Å². The van der Waals surface area contributed by atoms with E-state index >= 15 is 0 Å². The quantitative estimate of drug-likeness (QED) is 0.878. The highest BCUT2D eigenvalue weighted by Gasteiger charge is 2.30. The van der Waals surface area contributed by atoms with E-state index in [1.54, 1.807) is 0 Å². The molecule has 0 saturated heterocycles. The van der Waals surface area contributed by atoms with Gasteiger partial charge in [0.15, 0.2) is 0 Å². The molecule has 1 aliphatic carbocycles. The van der Waals surface area contributed by atoms with Gasteiger partial charge in [0.05, 0.1) is 0 Å². The smallest absolute Gasteiger partial charge is 0.0334 e. The maximum absolute atomic E-state index is 6.12. The Morgan fingerprint density at radius 3 is 2.57 bits per heavy atom. The molecule has 1 nitrogen and oxygen atoms in total. The maximum Gasteiger partial charge on any atom is 0.0334 e. The number of halogens is 2. The standard InChI is InChI=1S/C11H14BrN.ClH/c1-7-2-5-9(10(12)6-7)11(13)8-3-4-8;/h2,5-6,8,11H,3-4,13H2,1H3;1H/t11-;/m1./s1. The Kier molecular flexibility index (Phi) is 3.99. The summed E-state index contributed by atoms with van der Waals surface area (Å²) in [5, 5.41) is 0. The van der Waals surface area contributed by atoms with Crippen LogP contribution in [0.4, 0.5) is 0 Å². The lowest BCUT2D eigenvalue weighted by Gasteiger charge is -2.13. The molecule has 1 aliphatic rings. The van der Waals surface area contributed by atoms with Crippen LogP contribution >= 0.6 is 28.3 Å². The Bertz CT molecular complexity index is 323. The number of hydrogen-bond donors (Lipinski definition) is 1. The van der Waals surface area contributed by atoms with E-state index in [1.807, 2.05) is 0 Å². The lowest BCUT2D eigenvalue weighted by Crippen LogP contribution is -2.12. The van der Waals surface area contributed by atoms with E-state index in [2.05, 4.69) is 41.1 Å². The summed E-state index contributed by atoms with van der Waals surface area (Å²) in [6, 6.07) is 6.64. The molecule has 0 aromatic heterocycles. The largest absolute Gasteiger partial charge is 0.324 e. The van der Waals surface area contributed by atoms with Crippen molar-refractivity contribution < 1.29 is 0 Å². The van der Waals surface area contributed by atoms with E-state index in [0.717, 1.165) is 10.4 Å². The van der Waals surface area contributed by atoms with Gasteiger partial charge in [-0.2, -0.15) is 0 Å². The minimum Gasteiger partial charge on any atom is -0.324 e. The normalized spacial score (nSPS) is 17.4. The SMILES string of the molecule is Cc1ccc([C@H](N)C2CC2)c(Br)c1.Cl. The second kappa shape index (κ2) is 4.65. The van der Waals surface area contributed by atoms with Gasteiger partial charge in [0.25, 0.3) is 0 Å². The molecule has 1 saturated carbocycles. The van der Waals surface area contributed by atoms with Crippen molar-refractivity contribution in [3.63, 3.8) is 0 Å². The molecule has 3 heteroatoms. The lowest BCUT2D eigenvalue weighted by molar-refractivity contribution is 0.630. The molecule has 0 unspecified atom stereocenters. The molecule has 1 atom stereocenters.